The van der Waals surface area contributed by atoms with E-state index in [-0.39, 0.29) is 11.8 Å². The second-order valence-corrected chi connectivity index (χ2v) is 5.92. The molecule has 5 heteroatoms. The second-order valence-electron chi connectivity index (χ2n) is 4.94. The molecule has 2 heterocycles. The summed E-state index contributed by atoms with van der Waals surface area (Å²) in [7, 11) is 0. The second kappa shape index (κ2) is 6.91. The van der Waals surface area contributed by atoms with Crippen molar-refractivity contribution in [3.8, 4) is 0 Å². The van der Waals surface area contributed by atoms with Gasteiger partial charge in [0, 0.05) is 31.4 Å². The number of carbonyl (C=O) groups is 1. The molecule has 104 valence electrons. The highest BCUT2D eigenvalue weighted by Gasteiger charge is 2.38. The first-order valence-corrected chi connectivity index (χ1v) is 7.95. The van der Waals surface area contributed by atoms with Crippen LogP contribution in [0.1, 0.15) is 17.9 Å². The van der Waals surface area contributed by atoms with Gasteiger partial charge in [-0.1, -0.05) is 0 Å². The van der Waals surface area contributed by atoms with Gasteiger partial charge in [-0.3, -0.25) is 9.78 Å². The van der Waals surface area contributed by atoms with Gasteiger partial charge in [-0.15, -0.1) is 0 Å². The Labute approximate surface area is 118 Å². The van der Waals surface area contributed by atoms with Gasteiger partial charge in [0.2, 0.25) is 0 Å². The van der Waals surface area contributed by atoms with E-state index in [0.717, 1.165) is 30.8 Å². The molecule has 0 amide bonds. The predicted molar refractivity (Wildman–Crippen MR) is 77.5 cm³/mol. The Kier molecular flexibility index (Phi) is 5.22. The van der Waals surface area contributed by atoms with Crippen LogP contribution in [0.3, 0.4) is 0 Å². The Morgan fingerprint density at radius 3 is 2.84 bits per heavy atom. The van der Waals surface area contributed by atoms with Gasteiger partial charge in [-0.25, -0.2) is 0 Å². The molecule has 0 saturated carbocycles. The van der Waals surface area contributed by atoms with E-state index in [1.54, 1.807) is 12.4 Å². The molecule has 2 atom stereocenters. The van der Waals surface area contributed by atoms with Crippen LogP contribution >= 0.6 is 11.8 Å². The molecular weight excluding hydrogens is 260 g/mol. The number of aliphatic carboxylic acids is 1. The number of pyridine rings is 1. The van der Waals surface area contributed by atoms with Crippen LogP contribution in [0.4, 0.5) is 0 Å². The summed E-state index contributed by atoms with van der Waals surface area (Å²) >= 11 is 1.84. The van der Waals surface area contributed by atoms with Crippen molar-refractivity contribution in [1.82, 2.24) is 9.88 Å². The minimum absolute atomic E-state index is 0.0924. The highest BCUT2D eigenvalue weighted by atomic mass is 32.2. The lowest BCUT2D eigenvalue weighted by molar-refractivity contribution is -0.141. The lowest BCUT2D eigenvalue weighted by Crippen LogP contribution is -2.24. The Hall–Kier alpha value is -1.07. The quantitative estimate of drug-likeness (QED) is 0.807. The first-order chi connectivity index (χ1) is 9.22. The Morgan fingerprint density at radius 2 is 2.21 bits per heavy atom. The zero-order valence-electron chi connectivity index (χ0n) is 11.2. The topological polar surface area (TPSA) is 53.4 Å². The molecule has 2 rings (SSSR count). The fourth-order valence-corrected chi connectivity index (χ4v) is 3.12. The van der Waals surface area contributed by atoms with E-state index in [2.05, 4.69) is 16.1 Å². The van der Waals surface area contributed by atoms with E-state index in [1.165, 1.54) is 0 Å². The average molecular weight is 280 g/mol. The number of likely N-dealkylation sites (tertiary alicyclic amines) is 1. The van der Waals surface area contributed by atoms with E-state index in [4.69, 9.17) is 0 Å². The SMILES string of the molecule is CSCCCN1C[C@H](C(=O)O)[C@@H](c2ccncc2)C1. The lowest BCUT2D eigenvalue weighted by Gasteiger charge is -2.15. The maximum Gasteiger partial charge on any atom is 0.308 e. The molecule has 19 heavy (non-hydrogen) atoms. The lowest BCUT2D eigenvalue weighted by atomic mass is 9.90. The molecule has 1 aliphatic heterocycles. The molecule has 1 aromatic rings. The van der Waals surface area contributed by atoms with Crippen LogP contribution in [0.15, 0.2) is 24.5 Å². The van der Waals surface area contributed by atoms with Gasteiger partial charge in [0.1, 0.15) is 0 Å². The third-order valence-corrected chi connectivity index (χ3v) is 4.37. The van der Waals surface area contributed by atoms with E-state index < -0.39 is 5.97 Å². The van der Waals surface area contributed by atoms with Gasteiger partial charge in [0.05, 0.1) is 5.92 Å². The van der Waals surface area contributed by atoms with Crippen molar-refractivity contribution >= 4 is 17.7 Å². The monoisotopic (exact) mass is 280 g/mol. The van der Waals surface area contributed by atoms with Gasteiger partial charge >= 0.3 is 5.97 Å². The van der Waals surface area contributed by atoms with Crippen LogP contribution in [-0.2, 0) is 4.79 Å². The molecule has 1 aromatic heterocycles. The number of carboxylic acid groups (broad SMARTS) is 1. The van der Waals surface area contributed by atoms with Gasteiger partial charge in [0.25, 0.3) is 0 Å². The first kappa shape index (κ1) is 14.3. The summed E-state index contributed by atoms with van der Waals surface area (Å²) in [6, 6.07) is 3.87. The number of nitrogens with zero attached hydrogens (tertiary/aromatic N) is 2. The van der Waals surface area contributed by atoms with E-state index >= 15 is 0 Å². The van der Waals surface area contributed by atoms with Crippen molar-refractivity contribution in [2.75, 3.05) is 31.6 Å². The summed E-state index contributed by atoms with van der Waals surface area (Å²) < 4.78 is 0. The normalized spacial score (nSPS) is 23.6. The van der Waals surface area contributed by atoms with Crippen molar-refractivity contribution in [3.63, 3.8) is 0 Å². The molecule has 1 aliphatic rings. The minimum Gasteiger partial charge on any atom is -0.481 e. The maximum absolute atomic E-state index is 11.4. The number of aromatic nitrogens is 1. The van der Waals surface area contributed by atoms with Crippen LogP contribution in [0.2, 0.25) is 0 Å². The fraction of sp³-hybridized carbons (Fsp3) is 0.571. The maximum atomic E-state index is 11.4. The van der Waals surface area contributed by atoms with Crippen molar-refractivity contribution in [2.24, 2.45) is 5.92 Å². The predicted octanol–water partition coefficient (Wildman–Crippen LogP) is 1.93. The molecule has 1 N–H and O–H groups in total. The van der Waals surface area contributed by atoms with Gasteiger partial charge in [0.15, 0.2) is 0 Å². The largest absolute Gasteiger partial charge is 0.481 e. The highest BCUT2D eigenvalue weighted by Crippen LogP contribution is 2.32. The Bertz CT molecular complexity index is 413. The highest BCUT2D eigenvalue weighted by molar-refractivity contribution is 7.98. The number of carboxylic acids is 1. The van der Waals surface area contributed by atoms with Gasteiger partial charge in [-0.2, -0.15) is 11.8 Å². The van der Waals surface area contributed by atoms with Crippen molar-refractivity contribution in [1.29, 1.82) is 0 Å². The molecule has 0 bridgehead atoms. The summed E-state index contributed by atoms with van der Waals surface area (Å²) in [4.78, 5) is 17.7. The molecule has 0 spiro atoms. The zero-order valence-corrected chi connectivity index (χ0v) is 12.0. The first-order valence-electron chi connectivity index (χ1n) is 6.56. The van der Waals surface area contributed by atoms with Crippen LogP contribution in [0, 0.1) is 5.92 Å². The average Bonchev–Trinajstić information content (AvgIpc) is 2.84. The third kappa shape index (κ3) is 3.70. The number of thioether (sulfide) groups is 1. The van der Waals surface area contributed by atoms with Gasteiger partial charge in [-0.05, 0) is 42.7 Å². The standard InChI is InChI=1S/C14H20N2O2S/c1-19-8-2-7-16-9-12(13(10-16)14(17)18)11-3-5-15-6-4-11/h3-6,12-13H,2,7-10H2,1H3,(H,17,18)/t12-,13+/m1/s1. The molecule has 0 aliphatic carbocycles. The number of hydrogen-bond donors (Lipinski definition) is 1. The molecule has 4 nitrogen and oxygen atoms in total. The van der Waals surface area contributed by atoms with Gasteiger partial charge < -0.3 is 10.0 Å². The van der Waals surface area contributed by atoms with E-state index in [1.807, 2.05) is 23.9 Å². The zero-order chi connectivity index (χ0) is 13.7. The summed E-state index contributed by atoms with van der Waals surface area (Å²) in [5.41, 5.74) is 1.09. The summed E-state index contributed by atoms with van der Waals surface area (Å²) in [5, 5.41) is 9.39. The molecule has 0 radical (unpaired) electrons. The smallest absolute Gasteiger partial charge is 0.308 e. The summed E-state index contributed by atoms with van der Waals surface area (Å²) in [5.74, 6) is 0.245. The van der Waals surface area contributed by atoms with E-state index in [0.29, 0.717) is 6.54 Å². The van der Waals surface area contributed by atoms with Crippen molar-refractivity contribution in [3.05, 3.63) is 30.1 Å². The van der Waals surface area contributed by atoms with Crippen LogP contribution in [0.25, 0.3) is 0 Å². The Balaban J connectivity index is 2.03. The molecule has 1 fully saturated rings. The van der Waals surface area contributed by atoms with Crippen LogP contribution in [0.5, 0.6) is 0 Å². The summed E-state index contributed by atoms with van der Waals surface area (Å²) in [6.45, 7) is 2.50. The third-order valence-electron chi connectivity index (χ3n) is 3.67. The molecule has 0 unspecified atom stereocenters. The molecular formula is C14H20N2O2S. The van der Waals surface area contributed by atoms with Crippen molar-refractivity contribution < 1.29 is 9.90 Å². The van der Waals surface area contributed by atoms with Crippen molar-refractivity contribution in [2.45, 2.75) is 12.3 Å². The fourth-order valence-electron chi connectivity index (χ4n) is 2.70. The molecule has 0 aromatic carbocycles. The Morgan fingerprint density at radius 1 is 1.47 bits per heavy atom. The molecule has 1 saturated heterocycles. The number of hydrogen-bond acceptors (Lipinski definition) is 4. The summed E-state index contributed by atoms with van der Waals surface area (Å²) in [6.07, 6.45) is 6.70. The number of rotatable bonds is 6. The van der Waals surface area contributed by atoms with E-state index in [9.17, 15) is 9.90 Å². The van der Waals surface area contributed by atoms with Crippen LogP contribution in [-0.4, -0.2) is 52.6 Å². The van der Waals surface area contributed by atoms with Crippen LogP contribution < -0.4 is 0 Å². The minimum atomic E-state index is -0.686.